The minimum atomic E-state index is -0.0257. The number of hydrogen-bond donors (Lipinski definition) is 1. The van der Waals surface area contributed by atoms with Gasteiger partial charge in [-0.15, -0.1) is 0 Å². The number of fused-ring (bicyclic) bond motifs is 1. The van der Waals surface area contributed by atoms with Crippen LogP contribution < -0.4 is 5.32 Å². The number of carbonyl (C=O) groups is 1. The van der Waals surface area contributed by atoms with Crippen molar-refractivity contribution < 1.29 is 4.79 Å². The lowest BCUT2D eigenvalue weighted by atomic mass is 10.0. The molecule has 0 unspecified atom stereocenters. The maximum atomic E-state index is 12.6. The standard InChI is InChI=1S/C25H20N2O/c28-25(18-21-10-6-9-20-8-1-2-13-24(20)21)27-23-12-5-7-19(17-23)14-15-22-11-3-4-16-26-22/h1-17H,18H2,(H,27,28). The summed E-state index contributed by atoms with van der Waals surface area (Å²) in [6, 6.07) is 27.8. The van der Waals surface area contributed by atoms with Crippen molar-refractivity contribution in [2.24, 2.45) is 0 Å². The molecule has 0 aliphatic carbocycles. The Hall–Kier alpha value is -3.72. The summed E-state index contributed by atoms with van der Waals surface area (Å²) < 4.78 is 0. The van der Waals surface area contributed by atoms with Crippen molar-refractivity contribution in [2.75, 3.05) is 5.32 Å². The van der Waals surface area contributed by atoms with Crippen molar-refractivity contribution in [1.29, 1.82) is 0 Å². The first kappa shape index (κ1) is 17.7. The van der Waals surface area contributed by atoms with E-state index in [0.29, 0.717) is 6.42 Å². The van der Waals surface area contributed by atoms with Gasteiger partial charge in [-0.2, -0.15) is 0 Å². The van der Waals surface area contributed by atoms with Crippen LogP contribution in [0, 0.1) is 0 Å². The Morgan fingerprint density at radius 3 is 2.57 bits per heavy atom. The highest BCUT2D eigenvalue weighted by molar-refractivity contribution is 5.96. The number of aromatic nitrogens is 1. The Morgan fingerprint density at radius 1 is 0.857 bits per heavy atom. The van der Waals surface area contributed by atoms with Crippen molar-refractivity contribution in [1.82, 2.24) is 4.98 Å². The maximum absolute atomic E-state index is 12.6. The van der Waals surface area contributed by atoms with E-state index in [-0.39, 0.29) is 5.91 Å². The first-order valence-electron chi connectivity index (χ1n) is 9.24. The van der Waals surface area contributed by atoms with Crippen LogP contribution >= 0.6 is 0 Å². The largest absolute Gasteiger partial charge is 0.326 e. The maximum Gasteiger partial charge on any atom is 0.228 e. The summed E-state index contributed by atoms with van der Waals surface area (Å²) in [5, 5.41) is 5.27. The molecular formula is C25H20N2O. The summed E-state index contributed by atoms with van der Waals surface area (Å²) in [4.78, 5) is 16.9. The van der Waals surface area contributed by atoms with E-state index in [1.54, 1.807) is 6.20 Å². The van der Waals surface area contributed by atoms with Crippen molar-refractivity contribution >= 4 is 34.5 Å². The lowest BCUT2D eigenvalue weighted by molar-refractivity contribution is -0.115. The molecule has 0 fully saturated rings. The third-order valence-corrected chi connectivity index (χ3v) is 4.54. The molecule has 0 spiro atoms. The number of hydrogen-bond acceptors (Lipinski definition) is 2. The molecule has 0 aliphatic rings. The summed E-state index contributed by atoms with van der Waals surface area (Å²) in [5.41, 5.74) is 3.72. The van der Waals surface area contributed by atoms with Crippen LogP contribution in [0.2, 0.25) is 0 Å². The van der Waals surface area contributed by atoms with Crippen molar-refractivity contribution in [3.63, 3.8) is 0 Å². The van der Waals surface area contributed by atoms with Crippen molar-refractivity contribution in [3.8, 4) is 0 Å². The Labute approximate surface area is 164 Å². The molecule has 1 heterocycles. The number of amides is 1. The van der Waals surface area contributed by atoms with Crippen LogP contribution in [0.15, 0.2) is 91.1 Å². The van der Waals surface area contributed by atoms with Crippen LogP contribution in [0.5, 0.6) is 0 Å². The van der Waals surface area contributed by atoms with Gasteiger partial charge in [-0.05, 0) is 52.2 Å². The zero-order chi connectivity index (χ0) is 19.2. The quantitative estimate of drug-likeness (QED) is 0.502. The highest BCUT2D eigenvalue weighted by atomic mass is 16.1. The molecule has 1 aromatic heterocycles. The van der Waals surface area contributed by atoms with E-state index in [1.807, 2.05) is 78.9 Å². The molecule has 4 aromatic rings. The van der Waals surface area contributed by atoms with Gasteiger partial charge in [0, 0.05) is 11.9 Å². The fourth-order valence-corrected chi connectivity index (χ4v) is 3.20. The van der Waals surface area contributed by atoms with Crippen LogP contribution in [0.4, 0.5) is 5.69 Å². The first-order chi connectivity index (χ1) is 13.8. The highest BCUT2D eigenvalue weighted by Crippen LogP contribution is 2.20. The lowest BCUT2D eigenvalue weighted by Gasteiger charge is -2.08. The molecule has 0 radical (unpaired) electrons. The number of nitrogens with zero attached hydrogens (tertiary/aromatic N) is 1. The summed E-state index contributed by atoms with van der Waals surface area (Å²) in [6.07, 6.45) is 6.05. The van der Waals surface area contributed by atoms with E-state index in [1.165, 1.54) is 0 Å². The minimum Gasteiger partial charge on any atom is -0.326 e. The van der Waals surface area contributed by atoms with Crippen molar-refractivity contribution in [2.45, 2.75) is 6.42 Å². The minimum absolute atomic E-state index is 0.0257. The van der Waals surface area contributed by atoms with Gasteiger partial charge in [0.05, 0.1) is 12.1 Å². The van der Waals surface area contributed by atoms with Crippen LogP contribution in [-0.4, -0.2) is 10.9 Å². The average Bonchev–Trinajstić information content (AvgIpc) is 2.73. The molecule has 0 bridgehead atoms. The van der Waals surface area contributed by atoms with Crippen LogP contribution in [0.1, 0.15) is 16.8 Å². The molecule has 136 valence electrons. The zero-order valence-electron chi connectivity index (χ0n) is 15.4. The second kappa shape index (κ2) is 8.31. The fourth-order valence-electron chi connectivity index (χ4n) is 3.20. The third kappa shape index (κ3) is 4.33. The van der Waals surface area contributed by atoms with E-state index in [0.717, 1.165) is 33.3 Å². The molecule has 0 aliphatic heterocycles. The van der Waals surface area contributed by atoms with E-state index >= 15 is 0 Å². The van der Waals surface area contributed by atoms with E-state index < -0.39 is 0 Å². The summed E-state index contributed by atoms with van der Waals surface area (Å²) in [5.74, 6) is -0.0257. The van der Waals surface area contributed by atoms with Gasteiger partial charge >= 0.3 is 0 Å². The summed E-state index contributed by atoms with van der Waals surface area (Å²) in [7, 11) is 0. The molecule has 28 heavy (non-hydrogen) atoms. The van der Waals surface area contributed by atoms with Gasteiger partial charge in [-0.25, -0.2) is 0 Å². The van der Waals surface area contributed by atoms with Gasteiger partial charge in [0.2, 0.25) is 5.91 Å². The molecule has 0 saturated heterocycles. The van der Waals surface area contributed by atoms with Gasteiger partial charge in [0.15, 0.2) is 0 Å². The molecular weight excluding hydrogens is 344 g/mol. The molecule has 1 N–H and O–H groups in total. The lowest BCUT2D eigenvalue weighted by Crippen LogP contribution is -2.14. The van der Waals surface area contributed by atoms with Crippen molar-refractivity contribution in [3.05, 3.63) is 108 Å². The Balaban J connectivity index is 1.47. The van der Waals surface area contributed by atoms with Crippen LogP contribution in [0.25, 0.3) is 22.9 Å². The normalized spacial score (nSPS) is 11.0. The molecule has 4 rings (SSSR count). The predicted molar refractivity (Wildman–Crippen MR) is 116 cm³/mol. The Bertz CT molecular complexity index is 1130. The smallest absolute Gasteiger partial charge is 0.228 e. The van der Waals surface area contributed by atoms with E-state index in [4.69, 9.17) is 0 Å². The summed E-state index contributed by atoms with van der Waals surface area (Å²) >= 11 is 0. The van der Waals surface area contributed by atoms with Crippen LogP contribution in [0.3, 0.4) is 0 Å². The van der Waals surface area contributed by atoms with Gasteiger partial charge < -0.3 is 5.32 Å². The molecule has 0 saturated carbocycles. The van der Waals surface area contributed by atoms with Gasteiger partial charge in [-0.3, -0.25) is 9.78 Å². The molecule has 3 nitrogen and oxygen atoms in total. The summed E-state index contributed by atoms with van der Waals surface area (Å²) in [6.45, 7) is 0. The number of carbonyl (C=O) groups excluding carboxylic acids is 1. The predicted octanol–water partition coefficient (Wildman–Crippen LogP) is 5.59. The average molecular weight is 364 g/mol. The first-order valence-corrected chi connectivity index (χ1v) is 9.24. The monoisotopic (exact) mass is 364 g/mol. The zero-order valence-corrected chi connectivity index (χ0v) is 15.4. The molecule has 1 amide bonds. The second-order valence-electron chi connectivity index (χ2n) is 6.58. The Kier molecular flexibility index (Phi) is 5.25. The topological polar surface area (TPSA) is 42.0 Å². The Morgan fingerprint density at radius 2 is 1.68 bits per heavy atom. The highest BCUT2D eigenvalue weighted by Gasteiger charge is 2.07. The number of benzene rings is 3. The fraction of sp³-hybridized carbons (Fsp3) is 0.0400. The SMILES string of the molecule is O=C(Cc1cccc2ccccc12)Nc1cccc(C=Cc2ccccn2)c1. The molecule has 0 atom stereocenters. The van der Waals surface area contributed by atoms with Gasteiger partial charge in [0.25, 0.3) is 0 Å². The molecule has 3 heteroatoms. The van der Waals surface area contributed by atoms with Crippen LogP contribution in [-0.2, 0) is 11.2 Å². The molecule has 3 aromatic carbocycles. The number of nitrogens with one attached hydrogen (secondary N) is 1. The van der Waals surface area contributed by atoms with Gasteiger partial charge in [-0.1, -0.05) is 66.7 Å². The van der Waals surface area contributed by atoms with E-state index in [2.05, 4.69) is 28.5 Å². The third-order valence-electron chi connectivity index (χ3n) is 4.54. The second-order valence-corrected chi connectivity index (χ2v) is 6.58. The van der Waals surface area contributed by atoms with E-state index in [9.17, 15) is 4.79 Å². The van der Waals surface area contributed by atoms with Gasteiger partial charge in [0.1, 0.15) is 0 Å². The number of anilines is 1. The number of pyridine rings is 1. The number of rotatable bonds is 5.